The number of rotatable bonds is 0. The minimum Gasteiger partial charge on any atom is -0.382 e. The molecule has 0 aliphatic carbocycles. The highest BCUT2D eigenvalue weighted by Crippen LogP contribution is 2.35. The van der Waals surface area contributed by atoms with E-state index in [0.29, 0.717) is 6.54 Å². The number of nitrogens with one attached hydrogen (secondary N) is 1. The normalized spacial score (nSPS) is 18.8. The molecule has 16 heavy (non-hydrogen) atoms. The highest BCUT2D eigenvalue weighted by molar-refractivity contribution is 9.10. The van der Waals surface area contributed by atoms with Crippen molar-refractivity contribution in [2.24, 2.45) is 5.41 Å². The maximum Gasteiger partial charge on any atom is 0.234 e. The Bertz CT molecular complexity index is 443. The van der Waals surface area contributed by atoms with Crippen molar-refractivity contribution >= 4 is 33.2 Å². The van der Waals surface area contributed by atoms with E-state index < -0.39 is 0 Å². The molecular formula is C12H15BrN2O. The number of carbonyl (C=O) groups is 1. The largest absolute Gasteiger partial charge is 0.382 e. The van der Waals surface area contributed by atoms with Crippen LogP contribution in [0.15, 0.2) is 22.7 Å². The van der Waals surface area contributed by atoms with E-state index in [0.717, 1.165) is 15.8 Å². The number of hydrogen-bond donors (Lipinski definition) is 1. The van der Waals surface area contributed by atoms with E-state index in [-0.39, 0.29) is 11.3 Å². The highest BCUT2D eigenvalue weighted by Gasteiger charge is 2.34. The third-order valence-electron chi connectivity index (χ3n) is 2.93. The number of nitrogens with zero attached hydrogens (tertiary/aromatic N) is 1. The topological polar surface area (TPSA) is 32.3 Å². The molecule has 3 nitrogen and oxygen atoms in total. The first-order valence-electron chi connectivity index (χ1n) is 5.23. The fraction of sp³-hybridized carbons (Fsp3) is 0.417. The zero-order chi connectivity index (χ0) is 11.9. The Balaban J connectivity index is 2.51. The zero-order valence-corrected chi connectivity index (χ0v) is 11.3. The Labute approximate surface area is 104 Å². The van der Waals surface area contributed by atoms with E-state index in [1.807, 2.05) is 39.1 Å². The molecule has 1 aromatic carbocycles. The van der Waals surface area contributed by atoms with Gasteiger partial charge >= 0.3 is 0 Å². The first kappa shape index (κ1) is 11.5. The van der Waals surface area contributed by atoms with Crippen molar-refractivity contribution in [1.82, 2.24) is 0 Å². The lowest BCUT2D eigenvalue weighted by molar-refractivity contribution is -0.125. The Kier molecular flexibility index (Phi) is 2.70. The smallest absolute Gasteiger partial charge is 0.234 e. The predicted octanol–water partition coefficient (Wildman–Crippen LogP) is 2.86. The summed E-state index contributed by atoms with van der Waals surface area (Å²) in [6.45, 7) is 4.57. The summed E-state index contributed by atoms with van der Waals surface area (Å²) in [7, 11) is 1.82. The molecule has 0 unspecified atom stereocenters. The van der Waals surface area contributed by atoms with Crippen molar-refractivity contribution in [3.63, 3.8) is 0 Å². The van der Waals surface area contributed by atoms with Gasteiger partial charge in [-0.1, -0.05) is 15.9 Å². The van der Waals surface area contributed by atoms with E-state index in [4.69, 9.17) is 0 Å². The summed E-state index contributed by atoms with van der Waals surface area (Å²) in [5.74, 6) is 0.136. The molecule has 1 heterocycles. The van der Waals surface area contributed by atoms with Crippen LogP contribution in [0.1, 0.15) is 13.8 Å². The Morgan fingerprint density at radius 3 is 2.81 bits per heavy atom. The SMILES string of the molecule is CN1C(=O)C(C)(C)CNc2ccc(Br)cc21. The van der Waals surface area contributed by atoms with Gasteiger partial charge in [-0.05, 0) is 32.0 Å². The summed E-state index contributed by atoms with van der Waals surface area (Å²) in [6.07, 6.45) is 0. The number of anilines is 2. The van der Waals surface area contributed by atoms with Gasteiger partial charge in [-0.25, -0.2) is 0 Å². The molecule has 2 rings (SSSR count). The molecule has 1 aromatic rings. The van der Waals surface area contributed by atoms with Gasteiger partial charge < -0.3 is 10.2 Å². The molecule has 0 bridgehead atoms. The first-order valence-corrected chi connectivity index (χ1v) is 6.03. The van der Waals surface area contributed by atoms with Crippen LogP contribution in [0.25, 0.3) is 0 Å². The van der Waals surface area contributed by atoms with E-state index in [2.05, 4.69) is 21.2 Å². The van der Waals surface area contributed by atoms with E-state index in [9.17, 15) is 4.79 Å². The van der Waals surface area contributed by atoms with Crippen molar-refractivity contribution in [2.75, 3.05) is 23.8 Å². The van der Waals surface area contributed by atoms with Crippen molar-refractivity contribution in [2.45, 2.75) is 13.8 Å². The lowest BCUT2D eigenvalue weighted by Crippen LogP contribution is -2.40. The maximum absolute atomic E-state index is 12.2. The third-order valence-corrected chi connectivity index (χ3v) is 3.42. The van der Waals surface area contributed by atoms with Crippen LogP contribution in [-0.4, -0.2) is 19.5 Å². The number of hydrogen-bond acceptors (Lipinski definition) is 2. The molecule has 1 amide bonds. The van der Waals surface area contributed by atoms with E-state index in [1.165, 1.54) is 0 Å². The average Bonchev–Trinajstić information content (AvgIpc) is 2.31. The maximum atomic E-state index is 12.2. The van der Waals surface area contributed by atoms with Gasteiger partial charge in [-0.15, -0.1) is 0 Å². The molecule has 1 aliphatic rings. The quantitative estimate of drug-likeness (QED) is 0.794. The average molecular weight is 283 g/mol. The lowest BCUT2D eigenvalue weighted by atomic mass is 9.92. The number of carbonyl (C=O) groups excluding carboxylic acids is 1. The fourth-order valence-electron chi connectivity index (χ4n) is 1.89. The predicted molar refractivity (Wildman–Crippen MR) is 69.8 cm³/mol. The monoisotopic (exact) mass is 282 g/mol. The van der Waals surface area contributed by atoms with Crippen LogP contribution in [-0.2, 0) is 4.79 Å². The van der Waals surface area contributed by atoms with Gasteiger partial charge in [-0.2, -0.15) is 0 Å². The molecule has 1 N–H and O–H groups in total. The number of benzene rings is 1. The highest BCUT2D eigenvalue weighted by atomic mass is 79.9. The second-order valence-corrected chi connectivity index (χ2v) is 5.68. The minimum absolute atomic E-state index is 0.136. The summed E-state index contributed by atoms with van der Waals surface area (Å²) in [5, 5.41) is 3.32. The molecule has 0 radical (unpaired) electrons. The van der Waals surface area contributed by atoms with Crippen LogP contribution in [0.5, 0.6) is 0 Å². The van der Waals surface area contributed by atoms with Crippen LogP contribution in [0, 0.1) is 5.41 Å². The van der Waals surface area contributed by atoms with Gasteiger partial charge in [0.25, 0.3) is 0 Å². The standard InChI is InChI=1S/C12H15BrN2O/c1-12(2)7-14-9-5-4-8(13)6-10(9)15(3)11(12)16/h4-6,14H,7H2,1-3H3. The van der Waals surface area contributed by atoms with Crippen molar-refractivity contribution in [1.29, 1.82) is 0 Å². The number of amides is 1. The molecule has 4 heteroatoms. The van der Waals surface area contributed by atoms with Gasteiger partial charge in [0.05, 0.1) is 16.8 Å². The third kappa shape index (κ3) is 1.82. The first-order chi connectivity index (χ1) is 7.42. The van der Waals surface area contributed by atoms with Crippen LogP contribution in [0.4, 0.5) is 11.4 Å². The van der Waals surface area contributed by atoms with E-state index in [1.54, 1.807) is 4.90 Å². The molecule has 86 valence electrons. The van der Waals surface area contributed by atoms with Crippen LogP contribution in [0.3, 0.4) is 0 Å². The van der Waals surface area contributed by atoms with Crippen molar-refractivity contribution in [3.05, 3.63) is 22.7 Å². The van der Waals surface area contributed by atoms with Crippen LogP contribution in [0.2, 0.25) is 0 Å². The molecule has 0 saturated carbocycles. The molecule has 0 aromatic heterocycles. The second-order valence-electron chi connectivity index (χ2n) is 4.76. The minimum atomic E-state index is -0.375. The molecule has 0 saturated heterocycles. The zero-order valence-electron chi connectivity index (χ0n) is 9.67. The number of halogens is 1. The van der Waals surface area contributed by atoms with Crippen molar-refractivity contribution < 1.29 is 4.79 Å². The Morgan fingerprint density at radius 2 is 2.12 bits per heavy atom. The molecule has 0 atom stereocenters. The summed E-state index contributed by atoms with van der Waals surface area (Å²) < 4.78 is 0.979. The second kappa shape index (κ2) is 3.77. The summed E-state index contributed by atoms with van der Waals surface area (Å²) in [6, 6.07) is 5.93. The lowest BCUT2D eigenvalue weighted by Gasteiger charge is -2.25. The van der Waals surface area contributed by atoms with Gasteiger partial charge in [0, 0.05) is 18.1 Å². The number of fused-ring (bicyclic) bond motifs is 1. The molecular weight excluding hydrogens is 268 g/mol. The van der Waals surface area contributed by atoms with Crippen LogP contribution < -0.4 is 10.2 Å². The van der Waals surface area contributed by atoms with E-state index >= 15 is 0 Å². The van der Waals surface area contributed by atoms with Crippen LogP contribution >= 0.6 is 15.9 Å². The Morgan fingerprint density at radius 1 is 1.44 bits per heavy atom. The van der Waals surface area contributed by atoms with Gasteiger partial charge in [0.1, 0.15) is 0 Å². The molecule has 0 spiro atoms. The van der Waals surface area contributed by atoms with Crippen molar-refractivity contribution in [3.8, 4) is 0 Å². The summed E-state index contributed by atoms with van der Waals surface area (Å²) in [5.41, 5.74) is 1.55. The van der Waals surface area contributed by atoms with Gasteiger partial charge in [0.15, 0.2) is 0 Å². The molecule has 1 aliphatic heterocycles. The van der Waals surface area contributed by atoms with Gasteiger partial charge in [-0.3, -0.25) is 4.79 Å². The van der Waals surface area contributed by atoms with Gasteiger partial charge in [0.2, 0.25) is 5.91 Å². The fourth-order valence-corrected chi connectivity index (χ4v) is 2.24. The Hall–Kier alpha value is -1.03. The molecule has 0 fully saturated rings. The summed E-state index contributed by atoms with van der Waals surface area (Å²) >= 11 is 3.43. The summed E-state index contributed by atoms with van der Waals surface area (Å²) in [4.78, 5) is 13.9.